The largest absolute Gasteiger partial charge is 0.271 e. The maximum atomic E-state index is 10.2. The minimum atomic E-state index is -0.482. The third-order valence-corrected chi connectivity index (χ3v) is 0.910. The Kier molecular flexibility index (Phi) is 3.11. The van der Waals surface area contributed by atoms with Crippen molar-refractivity contribution in [2.24, 2.45) is 0 Å². The standard InChI is InChI=1S/C7H9NO2/c1-4-5-7(6(2)3)8(9)10/h4-5H,1-2H2,3H3/b7-5+. The molecule has 54 valence electrons. The Balaban J connectivity index is 4.58. The van der Waals surface area contributed by atoms with Crippen molar-refractivity contribution in [2.75, 3.05) is 0 Å². The summed E-state index contributed by atoms with van der Waals surface area (Å²) in [6, 6.07) is 0. The van der Waals surface area contributed by atoms with Gasteiger partial charge in [-0.2, -0.15) is 0 Å². The first-order valence-corrected chi connectivity index (χ1v) is 2.72. The molecule has 0 amide bonds. The van der Waals surface area contributed by atoms with Crippen molar-refractivity contribution in [1.29, 1.82) is 0 Å². The Hall–Kier alpha value is -1.38. The molecule has 0 unspecified atom stereocenters. The molecule has 0 aromatic heterocycles. The van der Waals surface area contributed by atoms with Crippen molar-refractivity contribution < 1.29 is 4.92 Å². The highest BCUT2D eigenvalue weighted by molar-refractivity contribution is 5.22. The van der Waals surface area contributed by atoms with Gasteiger partial charge in [0, 0.05) is 11.6 Å². The molecule has 0 aliphatic rings. The lowest BCUT2D eigenvalue weighted by atomic mass is 10.2. The van der Waals surface area contributed by atoms with Crippen LogP contribution in [0.2, 0.25) is 0 Å². The first kappa shape index (κ1) is 8.62. The predicted molar refractivity (Wildman–Crippen MR) is 40.1 cm³/mol. The zero-order valence-corrected chi connectivity index (χ0v) is 5.83. The third-order valence-electron chi connectivity index (χ3n) is 0.910. The van der Waals surface area contributed by atoms with E-state index in [-0.39, 0.29) is 5.70 Å². The fourth-order valence-electron chi connectivity index (χ4n) is 0.471. The molecule has 0 spiro atoms. The molecule has 0 aromatic rings. The third kappa shape index (κ3) is 2.26. The molecule has 0 radical (unpaired) electrons. The molecule has 0 heterocycles. The summed E-state index contributed by atoms with van der Waals surface area (Å²) in [7, 11) is 0. The summed E-state index contributed by atoms with van der Waals surface area (Å²) < 4.78 is 0. The zero-order chi connectivity index (χ0) is 8.15. The zero-order valence-electron chi connectivity index (χ0n) is 5.83. The van der Waals surface area contributed by atoms with E-state index in [4.69, 9.17) is 0 Å². The van der Waals surface area contributed by atoms with Crippen molar-refractivity contribution in [3.8, 4) is 0 Å². The summed E-state index contributed by atoms with van der Waals surface area (Å²) in [4.78, 5) is 9.68. The van der Waals surface area contributed by atoms with Crippen molar-refractivity contribution in [2.45, 2.75) is 6.92 Å². The summed E-state index contributed by atoms with van der Waals surface area (Å²) in [5, 5.41) is 10.2. The first-order valence-electron chi connectivity index (χ1n) is 2.72. The van der Waals surface area contributed by atoms with E-state index in [1.165, 1.54) is 12.2 Å². The monoisotopic (exact) mass is 139 g/mol. The van der Waals surface area contributed by atoms with Crippen LogP contribution in [-0.4, -0.2) is 4.92 Å². The minimum Gasteiger partial charge on any atom is -0.258 e. The number of rotatable bonds is 3. The minimum absolute atomic E-state index is 0.00926. The lowest BCUT2D eigenvalue weighted by molar-refractivity contribution is -0.420. The van der Waals surface area contributed by atoms with E-state index in [9.17, 15) is 10.1 Å². The highest BCUT2D eigenvalue weighted by Crippen LogP contribution is 2.06. The maximum Gasteiger partial charge on any atom is 0.271 e. The molecule has 3 nitrogen and oxygen atoms in total. The van der Waals surface area contributed by atoms with Gasteiger partial charge in [-0.25, -0.2) is 0 Å². The molecule has 0 bridgehead atoms. The molecule has 0 fully saturated rings. The Morgan fingerprint density at radius 2 is 2.20 bits per heavy atom. The quantitative estimate of drug-likeness (QED) is 0.340. The van der Waals surface area contributed by atoms with Crippen molar-refractivity contribution in [3.63, 3.8) is 0 Å². The van der Waals surface area contributed by atoms with Crippen LogP contribution in [0.5, 0.6) is 0 Å². The Morgan fingerprint density at radius 3 is 2.30 bits per heavy atom. The summed E-state index contributed by atoms with van der Waals surface area (Å²) in [5.41, 5.74) is 0.444. The second-order valence-corrected chi connectivity index (χ2v) is 1.83. The number of nitro groups is 1. The number of hydrogen-bond donors (Lipinski definition) is 0. The fraction of sp³-hybridized carbons (Fsp3) is 0.143. The van der Waals surface area contributed by atoms with Crippen molar-refractivity contribution in [3.05, 3.63) is 46.7 Å². The number of nitrogens with zero attached hydrogens (tertiary/aromatic N) is 1. The van der Waals surface area contributed by atoms with Gasteiger partial charge in [-0.3, -0.25) is 10.1 Å². The smallest absolute Gasteiger partial charge is 0.258 e. The molecular formula is C7H9NO2. The topological polar surface area (TPSA) is 43.1 Å². The Bertz CT molecular complexity index is 188. The van der Waals surface area contributed by atoms with E-state index >= 15 is 0 Å². The van der Waals surface area contributed by atoms with E-state index in [1.54, 1.807) is 6.92 Å². The molecule has 10 heavy (non-hydrogen) atoms. The normalized spacial score (nSPS) is 10.7. The molecule has 0 aliphatic carbocycles. The second-order valence-electron chi connectivity index (χ2n) is 1.83. The van der Waals surface area contributed by atoms with Crippen molar-refractivity contribution >= 4 is 0 Å². The average Bonchev–Trinajstić information content (AvgIpc) is 1.81. The van der Waals surface area contributed by atoms with E-state index < -0.39 is 4.92 Å². The van der Waals surface area contributed by atoms with Crippen LogP contribution in [-0.2, 0) is 0 Å². The summed E-state index contributed by atoms with van der Waals surface area (Å²) in [6.45, 7) is 8.36. The lowest BCUT2D eigenvalue weighted by Crippen LogP contribution is -1.98. The van der Waals surface area contributed by atoms with Gasteiger partial charge in [0.05, 0.1) is 4.92 Å². The molecule has 3 heteroatoms. The van der Waals surface area contributed by atoms with Gasteiger partial charge in [-0.05, 0) is 6.92 Å². The van der Waals surface area contributed by atoms with Crippen LogP contribution in [0, 0.1) is 10.1 Å². The van der Waals surface area contributed by atoms with E-state index in [0.29, 0.717) is 5.57 Å². The first-order chi connectivity index (χ1) is 4.59. The van der Waals surface area contributed by atoms with Gasteiger partial charge in [0.25, 0.3) is 5.70 Å². The number of allylic oxidation sites excluding steroid dienone is 3. The van der Waals surface area contributed by atoms with Crippen LogP contribution in [0.15, 0.2) is 36.6 Å². The summed E-state index contributed by atoms with van der Waals surface area (Å²) >= 11 is 0. The lowest BCUT2D eigenvalue weighted by Gasteiger charge is -1.92. The van der Waals surface area contributed by atoms with Crippen LogP contribution >= 0.6 is 0 Å². The Morgan fingerprint density at radius 1 is 1.70 bits per heavy atom. The van der Waals surface area contributed by atoms with Gasteiger partial charge in [-0.15, -0.1) is 0 Å². The second kappa shape index (κ2) is 3.61. The fourth-order valence-corrected chi connectivity index (χ4v) is 0.471. The molecule has 0 aromatic carbocycles. The van der Waals surface area contributed by atoms with Gasteiger partial charge >= 0.3 is 0 Å². The van der Waals surface area contributed by atoms with E-state index in [0.717, 1.165) is 0 Å². The van der Waals surface area contributed by atoms with Crippen LogP contribution in [0.25, 0.3) is 0 Å². The molecule has 0 rings (SSSR count). The van der Waals surface area contributed by atoms with Gasteiger partial charge in [0.15, 0.2) is 0 Å². The van der Waals surface area contributed by atoms with Crippen LogP contribution < -0.4 is 0 Å². The number of hydrogen-bond acceptors (Lipinski definition) is 2. The molecule has 0 saturated carbocycles. The molecule has 0 saturated heterocycles. The predicted octanol–water partition coefficient (Wildman–Crippen LogP) is 1.91. The van der Waals surface area contributed by atoms with Gasteiger partial charge in [0.2, 0.25) is 0 Å². The molecule has 0 atom stereocenters. The van der Waals surface area contributed by atoms with Crippen LogP contribution in [0.1, 0.15) is 6.92 Å². The SMILES string of the molecule is C=C/C=C(\C(=C)C)[N+](=O)[O-]. The van der Waals surface area contributed by atoms with E-state index in [2.05, 4.69) is 13.2 Å². The van der Waals surface area contributed by atoms with Crippen molar-refractivity contribution in [1.82, 2.24) is 0 Å². The van der Waals surface area contributed by atoms with Gasteiger partial charge in [-0.1, -0.05) is 19.2 Å². The molecule has 0 aliphatic heterocycles. The summed E-state index contributed by atoms with van der Waals surface area (Å²) in [6.07, 6.45) is 2.69. The van der Waals surface area contributed by atoms with Crippen LogP contribution in [0.4, 0.5) is 0 Å². The molecular weight excluding hydrogens is 130 g/mol. The molecule has 0 N–H and O–H groups in total. The average molecular weight is 139 g/mol. The highest BCUT2D eigenvalue weighted by Gasteiger charge is 2.08. The Labute approximate surface area is 59.5 Å². The van der Waals surface area contributed by atoms with Gasteiger partial charge < -0.3 is 0 Å². The van der Waals surface area contributed by atoms with E-state index in [1.807, 2.05) is 0 Å². The van der Waals surface area contributed by atoms with Crippen LogP contribution in [0.3, 0.4) is 0 Å². The summed E-state index contributed by atoms with van der Waals surface area (Å²) in [5.74, 6) is 0. The van der Waals surface area contributed by atoms with Gasteiger partial charge in [0.1, 0.15) is 0 Å². The maximum absolute atomic E-state index is 10.2. The highest BCUT2D eigenvalue weighted by atomic mass is 16.6.